The molecule has 0 bridgehead atoms. The van der Waals surface area contributed by atoms with Gasteiger partial charge in [-0.25, -0.2) is 9.67 Å². The van der Waals surface area contributed by atoms with Gasteiger partial charge in [0.15, 0.2) is 5.82 Å². The molecule has 84 valence electrons. The van der Waals surface area contributed by atoms with Crippen LogP contribution in [-0.4, -0.2) is 40.3 Å². The van der Waals surface area contributed by atoms with E-state index in [2.05, 4.69) is 29.1 Å². The van der Waals surface area contributed by atoms with E-state index in [1.165, 1.54) is 0 Å². The second-order valence-corrected chi connectivity index (χ2v) is 4.40. The number of likely N-dealkylation sites (N-methyl/N-ethyl adjacent to an activating group) is 1. The van der Waals surface area contributed by atoms with Crippen LogP contribution in [0.4, 0.5) is 0 Å². The number of aryl methyl sites for hydroxylation is 1. The first-order valence-electron chi connectivity index (χ1n) is 5.51. The van der Waals surface area contributed by atoms with Gasteiger partial charge in [-0.2, -0.15) is 5.10 Å². The highest BCUT2D eigenvalue weighted by Gasteiger charge is 2.19. The monoisotopic (exact) mass is 209 g/mol. The Bertz CT molecular complexity index is 331. The molecule has 0 aromatic carbocycles. The first-order valence-corrected chi connectivity index (χ1v) is 5.51. The second-order valence-electron chi connectivity index (χ2n) is 4.40. The van der Waals surface area contributed by atoms with Crippen LogP contribution in [-0.2, 0) is 12.8 Å². The minimum atomic E-state index is 0.0364. The Balaban J connectivity index is 2.08. The van der Waals surface area contributed by atoms with Crippen LogP contribution in [0.1, 0.15) is 30.7 Å². The molecule has 1 aliphatic rings. The molecule has 5 nitrogen and oxygen atoms in total. The van der Waals surface area contributed by atoms with Gasteiger partial charge < -0.3 is 10.6 Å². The number of rotatable bonds is 3. The van der Waals surface area contributed by atoms with Crippen molar-refractivity contribution in [3.63, 3.8) is 0 Å². The Morgan fingerprint density at radius 2 is 2.33 bits per heavy atom. The predicted molar refractivity (Wildman–Crippen MR) is 58.4 cm³/mol. The molecule has 0 aliphatic carbocycles. The summed E-state index contributed by atoms with van der Waals surface area (Å²) in [7, 11) is 4.11. The molecule has 0 saturated carbocycles. The van der Waals surface area contributed by atoms with Gasteiger partial charge in [0.25, 0.3) is 0 Å². The average molecular weight is 209 g/mol. The van der Waals surface area contributed by atoms with Crippen molar-refractivity contribution in [1.29, 1.82) is 0 Å². The Morgan fingerprint density at radius 3 is 3.00 bits per heavy atom. The minimum Gasteiger partial charge on any atom is -0.310 e. The molecular weight excluding hydrogens is 190 g/mol. The molecular formula is C10H19N5. The highest BCUT2D eigenvalue weighted by atomic mass is 15.4. The van der Waals surface area contributed by atoms with E-state index >= 15 is 0 Å². The van der Waals surface area contributed by atoms with E-state index in [0.717, 1.165) is 43.9 Å². The predicted octanol–water partition coefficient (Wildman–Crippen LogP) is 0.176. The molecule has 1 unspecified atom stereocenters. The summed E-state index contributed by atoms with van der Waals surface area (Å²) in [6.07, 6.45) is 4.10. The molecule has 2 rings (SSSR count). The summed E-state index contributed by atoms with van der Waals surface area (Å²) in [6.45, 7) is 0.985. The molecule has 2 N–H and O–H groups in total. The fourth-order valence-electron chi connectivity index (χ4n) is 1.86. The van der Waals surface area contributed by atoms with Gasteiger partial charge in [-0.05, 0) is 26.9 Å². The Hall–Kier alpha value is -0.940. The molecule has 15 heavy (non-hydrogen) atoms. The third-order valence-electron chi connectivity index (χ3n) is 2.74. The van der Waals surface area contributed by atoms with Crippen molar-refractivity contribution in [2.45, 2.75) is 31.8 Å². The maximum absolute atomic E-state index is 5.97. The number of nitrogens with zero attached hydrogens (tertiary/aromatic N) is 4. The van der Waals surface area contributed by atoms with Crippen molar-refractivity contribution in [2.75, 3.05) is 20.6 Å². The Morgan fingerprint density at radius 1 is 1.53 bits per heavy atom. The molecule has 1 aliphatic heterocycles. The summed E-state index contributed by atoms with van der Waals surface area (Å²) < 4.78 is 1.90. The van der Waals surface area contributed by atoms with Gasteiger partial charge in [0.2, 0.25) is 0 Å². The van der Waals surface area contributed by atoms with E-state index in [1.54, 1.807) is 0 Å². The molecule has 2 heterocycles. The van der Waals surface area contributed by atoms with Crippen molar-refractivity contribution in [2.24, 2.45) is 5.73 Å². The topological polar surface area (TPSA) is 60.0 Å². The molecule has 0 fully saturated rings. The molecule has 1 atom stereocenters. The Kier molecular flexibility index (Phi) is 3.02. The van der Waals surface area contributed by atoms with Gasteiger partial charge in [-0.1, -0.05) is 0 Å². The van der Waals surface area contributed by atoms with Gasteiger partial charge in [0, 0.05) is 19.4 Å². The van der Waals surface area contributed by atoms with Crippen LogP contribution in [0.5, 0.6) is 0 Å². The quantitative estimate of drug-likeness (QED) is 0.771. The zero-order chi connectivity index (χ0) is 10.8. The van der Waals surface area contributed by atoms with Gasteiger partial charge in [0.1, 0.15) is 12.0 Å². The van der Waals surface area contributed by atoms with Crippen LogP contribution in [0, 0.1) is 0 Å². The van der Waals surface area contributed by atoms with Crippen molar-refractivity contribution in [3.8, 4) is 0 Å². The lowest BCUT2D eigenvalue weighted by Crippen LogP contribution is -2.26. The van der Waals surface area contributed by atoms with Gasteiger partial charge in [-0.3, -0.25) is 0 Å². The zero-order valence-electron chi connectivity index (χ0n) is 9.48. The van der Waals surface area contributed by atoms with Crippen LogP contribution < -0.4 is 5.73 Å². The van der Waals surface area contributed by atoms with Crippen LogP contribution in [0.3, 0.4) is 0 Å². The van der Waals surface area contributed by atoms with Crippen molar-refractivity contribution < 1.29 is 0 Å². The normalized spacial score (nSPS) is 20.7. The van der Waals surface area contributed by atoms with E-state index < -0.39 is 0 Å². The van der Waals surface area contributed by atoms with Crippen LogP contribution in [0.2, 0.25) is 0 Å². The molecule has 0 amide bonds. The Labute approximate surface area is 90.3 Å². The van der Waals surface area contributed by atoms with E-state index in [0.29, 0.717) is 0 Å². The van der Waals surface area contributed by atoms with Crippen LogP contribution >= 0.6 is 0 Å². The van der Waals surface area contributed by atoms with E-state index in [4.69, 9.17) is 5.73 Å². The smallest absolute Gasteiger partial charge is 0.152 e. The third-order valence-corrected chi connectivity index (χ3v) is 2.74. The van der Waals surface area contributed by atoms with Crippen LogP contribution in [0.25, 0.3) is 0 Å². The number of hydrogen-bond acceptors (Lipinski definition) is 4. The fraction of sp³-hybridized carbons (Fsp3) is 0.800. The second kappa shape index (κ2) is 4.28. The molecule has 5 heteroatoms. The lowest BCUT2D eigenvalue weighted by molar-refractivity contribution is 0.369. The first kappa shape index (κ1) is 10.6. The van der Waals surface area contributed by atoms with Crippen molar-refractivity contribution in [1.82, 2.24) is 19.7 Å². The van der Waals surface area contributed by atoms with Gasteiger partial charge in [-0.15, -0.1) is 0 Å². The molecule has 1 aromatic heterocycles. The van der Waals surface area contributed by atoms with E-state index in [9.17, 15) is 0 Å². The lowest BCUT2D eigenvalue weighted by atomic mass is 10.1. The number of aromatic nitrogens is 3. The summed E-state index contributed by atoms with van der Waals surface area (Å²) in [6, 6.07) is 0. The number of hydrogen-bond donors (Lipinski definition) is 1. The van der Waals surface area contributed by atoms with Gasteiger partial charge >= 0.3 is 0 Å². The molecule has 0 saturated heterocycles. The number of fused-ring (bicyclic) bond motifs is 1. The van der Waals surface area contributed by atoms with Crippen LogP contribution in [0.15, 0.2) is 0 Å². The summed E-state index contributed by atoms with van der Waals surface area (Å²) in [4.78, 5) is 6.66. The SMILES string of the molecule is CN(C)CCc1nc2n(n1)C(N)CCC2. The summed E-state index contributed by atoms with van der Waals surface area (Å²) in [5, 5.41) is 4.46. The molecule has 0 radical (unpaired) electrons. The fourth-order valence-corrected chi connectivity index (χ4v) is 1.86. The lowest BCUT2D eigenvalue weighted by Gasteiger charge is -2.18. The number of nitrogens with two attached hydrogens (primary N) is 1. The maximum atomic E-state index is 5.97. The van der Waals surface area contributed by atoms with Gasteiger partial charge in [0.05, 0.1) is 0 Å². The van der Waals surface area contributed by atoms with E-state index in [-0.39, 0.29) is 6.17 Å². The largest absolute Gasteiger partial charge is 0.310 e. The summed E-state index contributed by atoms with van der Waals surface area (Å²) in [5.41, 5.74) is 5.97. The van der Waals surface area contributed by atoms with Crippen molar-refractivity contribution >= 4 is 0 Å². The third kappa shape index (κ3) is 2.35. The first-order chi connectivity index (χ1) is 7.16. The highest BCUT2D eigenvalue weighted by molar-refractivity contribution is 4.98. The standard InChI is InChI=1S/C10H19N5/c1-14(2)7-6-9-12-10-5-3-4-8(11)15(10)13-9/h8H,3-7,11H2,1-2H3. The minimum absolute atomic E-state index is 0.0364. The zero-order valence-corrected chi connectivity index (χ0v) is 9.48. The summed E-state index contributed by atoms with van der Waals surface area (Å²) >= 11 is 0. The summed E-state index contributed by atoms with van der Waals surface area (Å²) in [5.74, 6) is 1.98. The van der Waals surface area contributed by atoms with Crippen molar-refractivity contribution in [3.05, 3.63) is 11.6 Å². The maximum Gasteiger partial charge on any atom is 0.152 e. The average Bonchev–Trinajstić information content (AvgIpc) is 2.59. The highest BCUT2D eigenvalue weighted by Crippen LogP contribution is 2.18. The van der Waals surface area contributed by atoms with E-state index in [1.807, 2.05) is 4.68 Å². The molecule has 0 spiro atoms. The molecule has 1 aromatic rings.